The molecule has 1 aromatic rings. The molecule has 0 amide bonds. The van der Waals surface area contributed by atoms with Crippen LogP contribution >= 0.6 is 27.3 Å². The molecule has 68 valence electrons. The van der Waals surface area contributed by atoms with Crippen molar-refractivity contribution < 1.29 is 4.74 Å². The zero-order valence-electron chi connectivity index (χ0n) is 7.77. The molecule has 0 N–H and O–H groups in total. The minimum atomic E-state index is 0.187. The molecule has 12 heavy (non-hydrogen) atoms. The Hall–Kier alpha value is -0.0200. The van der Waals surface area contributed by atoms with Crippen LogP contribution in [0, 0.1) is 0 Å². The number of thiophene rings is 1. The van der Waals surface area contributed by atoms with Gasteiger partial charge in [-0.3, -0.25) is 0 Å². The Balaban J connectivity index is 3.08. The maximum Gasteiger partial charge on any atom is 0.174 e. The van der Waals surface area contributed by atoms with E-state index in [9.17, 15) is 0 Å². The Morgan fingerprint density at radius 3 is 2.25 bits per heavy atom. The molecule has 0 atom stereocenters. The standard InChI is InChI=1S/C9H13BrOS/c1-9(2,3)6-5-7(11-4)12-8(6)10/h5H,1-4H3. The van der Waals surface area contributed by atoms with Gasteiger partial charge in [-0.1, -0.05) is 32.1 Å². The van der Waals surface area contributed by atoms with E-state index in [-0.39, 0.29) is 5.41 Å². The summed E-state index contributed by atoms with van der Waals surface area (Å²) in [6.45, 7) is 6.58. The zero-order valence-corrected chi connectivity index (χ0v) is 10.2. The molecule has 0 saturated heterocycles. The average molecular weight is 249 g/mol. The van der Waals surface area contributed by atoms with Gasteiger partial charge in [-0.25, -0.2) is 0 Å². The van der Waals surface area contributed by atoms with Gasteiger partial charge in [0.1, 0.15) is 0 Å². The summed E-state index contributed by atoms with van der Waals surface area (Å²) in [6.07, 6.45) is 0. The molecule has 0 aliphatic carbocycles. The van der Waals surface area contributed by atoms with Gasteiger partial charge in [0.25, 0.3) is 0 Å². The Kier molecular flexibility index (Phi) is 2.84. The predicted octanol–water partition coefficient (Wildman–Crippen LogP) is 3.82. The molecule has 0 spiro atoms. The van der Waals surface area contributed by atoms with Crippen LogP contribution in [0.25, 0.3) is 0 Å². The van der Waals surface area contributed by atoms with Crippen molar-refractivity contribution in [3.8, 4) is 5.06 Å². The molecule has 0 fully saturated rings. The van der Waals surface area contributed by atoms with E-state index in [4.69, 9.17) is 4.74 Å². The maximum absolute atomic E-state index is 5.16. The molecule has 1 nitrogen and oxygen atoms in total. The second-order valence-electron chi connectivity index (χ2n) is 3.71. The minimum absolute atomic E-state index is 0.187. The van der Waals surface area contributed by atoms with Crippen LogP contribution in [-0.2, 0) is 5.41 Å². The number of halogens is 1. The molecule has 0 bridgehead atoms. The van der Waals surface area contributed by atoms with Gasteiger partial charge in [-0.15, -0.1) is 0 Å². The number of rotatable bonds is 1. The fourth-order valence-corrected chi connectivity index (χ4v) is 3.06. The lowest BCUT2D eigenvalue weighted by atomic mass is 9.89. The molecule has 3 heteroatoms. The van der Waals surface area contributed by atoms with Crippen molar-refractivity contribution in [3.05, 3.63) is 15.4 Å². The Morgan fingerprint density at radius 2 is 2.00 bits per heavy atom. The van der Waals surface area contributed by atoms with Crippen molar-refractivity contribution in [2.24, 2.45) is 0 Å². The quantitative estimate of drug-likeness (QED) is 0.735. The molecular weight excluding hydrogens is 236 g/mol. The summed E-state index contributed by atoms with van der Waals surface area (Å²) in [6, 6.07) is 2.09. The first-order valence-electron chi connectivity index (χ1n) is 3.79. The van der Waals surface area contributed by atoms with E-state index in [1.807, 2.05) is 0 Å². The molecule has 1 aromatic heterocycles. The van der Waals surface area contributed by atoms with Gasteiger partial charge in [0.2, 0.25) is 0 Å². The van der Waals surface area contributed by atoms with Crippen LogP contribution < -0.4 is 4.74 Å². The fraction of sp³-hybridized carbons (Fsp3) is 0.556. The number of ether oxygens (including phenoxy) is 1. The van der Waals surface area contributed by atoms with E-state index < -0.39 is 0 Å². The van der Waals surface area contributed by atoms with Crippen molar-refractivity contribution in [1.82, 2.24) is 0 Å². The summed E-state index contributed by atoms with van der Waals surface area (Å²) in [5.74, 6) is 0. The highest BCUT2D eigenvalue weighted by Gasteiger charge is 2.19. The van der Waals surface area contributed by atoms with Crippen molar-refractivity contribution in [3.63, 3.8) is 0 Å². The van der Waals surface area contributed by atoms with Gasteiger partial charge in [0.05, 0.1) is 10.9 Å². The SMILES string of the molecule is COc1cc(C(C)(C)C)c(Br)s1. The van der Waals surface area contributed by atoms with E-state index in [1.165, 1.54) is 9.35 Å². The summed E-state index contributed by atoms with van der Waals surface area (Å²) < 4.78 is 6.33. The normalized spacial score (nSPS) is 11.8. The summed E-state index contributed by atoms with van der Waals surface area (Å²) in [5, 5.41) is 0.965. The topological polar surface area (TPSA) is 9.23 Å². The van der Waals surface area contributed by atoms with Gasteiger partial charge < -0.3 is 4.74 Å². The van der Waals surface area contributed by atoms with Crippen molar-refractivity contribution in [1.29, 1.82) is 0 Å². The maximum atomic E-state index is 5.16. The number of methoxy groups -OCH3 is 1. The molecule has 1 heterocycles. The average Bonchev–Trinajstić information content (AvgIpc) is 2.29. The third-order valence-corrected chi connectivity index (χ3v) is 3.47. The van der Waals surface area contributed by atoms with Gasteiger partial charge >= 0.3 is 0 Å². The Labute approximate surface area is 85.9 Å². The van der Waals surface area contributed by atoms with Gasteiger partial charge in [0, 0.05) is 0 Å². The molecule has 0 saturated carbocycles. The van der Waals surface area contributed by atoms with Crippen LogP contribution in [0.5, 0.6) is 5.06 Å². The largest absolute Gasteiger partial charge is 0.487 e. The first kappa shape index (κ1) is 10.1. The van der Waals surface area contributed by atoms with Crippen molar-refractivity contribution in [2.75, 3.05) is 7.11 Å². The first-order chi connectivity index (χ1) is 5.45. The van der Waals surface area contributed by atoms with E-state index in [1.54, 1.807) is 18.4 Å². The monoisotopic (exact) mass is 248 g/mol. The Morgan fingerprint density at radius 1 is 1.42 bits per heavy atom. The highest BCUT2D eigenvalue weighted by Crippen LogP contribution is 2.39. The minimum Gasteiger partial charge on any atom is -0.487 e. The van der Waals surface area contributed by atoms with Gasteiger partial charge in [0.15, 0.2) is 5.06 Å². The third-order valence-electron chi connectivity index (χ3n) is 1.67. The van der Waals surface area contributed by atoms with Gasteiger partial charge in [-0.2, -0.15) is 0 Å². The molecule has 0 radical (unpaired) electrons. The van der Waals surface area contributed by atoms with Crippen LogP contribution in [0.3, 0.4) is 0 Å². The van der Waals surface area contributed by atoms with E-state index in [2.05, 4.69) is 42.8 Å². The molecule has 0 aromatic carbocycles. The number of hydrogen-bond acceptors (Lipinski definition) is 2. The Bertz CT molecular complexity index is 273. The van der Waals surface area contributed by atoms with E-state index >= 15 is 0 Å². The van der Waals surface area contributed by atoms with Crippen LogP contribution in [-0.4, -0.2) is 7.11 Å². The zero-order chi connectivity index (χ0) is 9.35. The van der Waals surface area contributed by atoms with Crippen LogP contribution in [0.1, 0.15) is 26.3 Å². The highest BCUT2D eigenvalue weighted by atomic mass is 79.9. The molecule has 0 aliphatic heterocycles. The summed E-state index contributed by atoms with van der Waals surface area (Å²) in [5.41, 5.74) is 1.50. The smallest absolute Gasteiger partial charge is 0.174 e. The lowest BCUT2D eigenvalue weighted by molar-refractivity contribution is 0.426. The van der Waals surface area contributed by atoms with Crippen LogP contribution in [0.15, 0.2) is 9.85 Å². The molecule has 0 unspecified atom stereocenters. The predicted molar refractivity (Wildman–Crippen MR) is 57.3 cm³/mol. The first-order valence-corrected chi connectivity index (χ1v) is 5.40. The second-order valence-corrected chi connectivity index (χ2v) is 6.04. The van der Waals surface area contributed by atoms with Gasteiger partial charge in [-0.05, 0) is 33.0 Å². The number of hydrogen-bond donors (Lipinski definition) is 0. The lowest BCUT2D eigenvalue weighted by Gasteiger charge is -2.16. The van der Waals surface area contributed by atoms with Crippen LogP contribution in [0.2, 0.25) is 0 Å². The third kappa shape index (κ3) is 2.02. The molecular formula is C9H13BrOS. The lowest BCUT2D eigenvalue weighted by Crippen LogP contribution is -2.09. The molecule has 0 aliphatic rings. The van der Waals surface area contributed by atoms with E-state index in [0.29, 0.717) is 0 Å². The van der Waals surface area contributed by atoms with E-state index in [0.717, 1.165) is 5.06 Å². The molecule has 1 rings (SSSR count). The summed E-state index contributed by atoms with van der Waals surface area (Å²) >= 11 is 5.17. The summed E-state index contributed by atoms with van der Waals surface area (Å²) in [7, 11) is 1.70. The fourth-order valence-electron chi connectivity index (χ4n) is 0.959. The summed E-state index contributed by atoms with van der Waals surface area (Å²) in [4.78, 5) is 0. The van der Waals surface area contributed by atoms with Crippen molar-refractivity contribution >= 4 is 27.3 Å². The van der Waals surface area contributed by atoms with Crippen molar-refractivity contribution in [2.45, 2.75) is 26.2 Å². The highest BCUT2D eigenvalue weighted by molar-refractivity contribution is 9.11. The second kappa shape index (κ2) is 3.38. The van der Waals surface area contributed by atoms with Crippen LogP contribution in [0.4, 0.5) is 0 Å².